The molecule has 0 aromatic heterocycles. The summed E-state index contributed by atoms with van der Waals surface area (Å²) in [6, 6.07) is -0.500. The van der Waals surface area contributed by atoms with Crippen molar-refractivity contribution in [1.29, 1.82) is 0 Å². The number of hydrogen-bond acceptors (Lipinski definition) is 6. The number of amides is 2. The number of nitrogens with zero attached hydrogens (tertiary/aromatic N) is 2. The molecule has 4 aliphatic heterocycles. The molecule has 0 aromatic rings. The number of allylic oxidation sites excluding steroid dienone is 2. The normalized spacial score (nSPS) is 44.0. The number of hydrogen-bond donors (Lipinski definition) is 2. The zero-order valence-corrected chi connectivity index (χ0v) is 12.9. The second-order valence-electron chi connectivity index (χ2n) is 5.67. The number of carbonyl (C=O) groups is 2. The SMILES string of the molecule is CN1C(=O)[C@]23CC4=CC=C[C@H](O)[C@@H]4N2C(=O)[C@]1(CO)SS3. The average molecular weight is 326 g/mol. The topological polar surface area (TPSA) is 81.1 Å². The third-order valence-electron chi connectivity index (χ3n) is 4.70. The van der Waals surface area contributed by atoms with Crippen LogP contribution in [0.2, 0.25) is 0 Å². The Morgan fingerprint density at radius 2 is 2.14 bits per heavy atom. The van der Waals surface area contributed by atoms with Crippen LogP contribution < -0.4 is 0 Å². The van der Waals surface area contributed by atoms with Crippen molar-refractivity contribution in [2.45, 2.75) is 28.3 Å². The van der Waals surface area contributed by atoms with E-state index >= 15 is 0 Å². The fourth-order valence-corrected chi connectivity index (χ4v) is 7.12. The van der Waals surface area contributed by atoms with Crippen LogP contribution in [-0.4, -0.2) is 67.4 Å². The third-order valence-corrected chi connectivity index (χ3v) is 8.33. The van der Waals surface area contributed by atoms with Gasteiger partial charge in [0.2, 0.25) is 4.87 Å². The molecule has 4 heterocycles. The number of rotatable bonds is 1. The van der Waals surface area contributed by atoms with Crippen molar-refractivity contribution in [1.82, 2.24) is 9.80 Å². The molecule has 1 aliphatic carbocycles. The first-order chi connectivity index (χ1) is 9.98. The average Bonchev–Trinajstić information content (AvgIpc) is 2.83. The van der Waals surface area contributed by atoms with Gasteiger partial charge in [-0.1, -0.05) is 29.0 Å². The largest absolute Gasteiger partial charge is 0.392 e. The van der Waals surface area contributed by atoms with Gasteiger partial charge in [0.05, 0.1) is 18.8 Å². The molecule has 1 spiro atoms. The fraction of sp³-hybridized carbons (Fsp3) is 0.538. The van der Waals surface area contributed by atoms with Crippen LogP contribution in [0.25, 0.3) is 0 Å². The van der Waals surface area contributed by atoms with Gasteiger partial charge in [-0.15, -0.1) is 0 Å². The zero-order chi connectivity index (χ0) is 15.0. The monoisotopic (exact) mass is 326 g/mol. The van der Waals surface area contributed by atoms with Crippen LogP contribution in [0.5, 0.6) is 0 Å². The predicted octanol–water partition coefficient (Wildman–Crippen LogP) is -0.304. The van der Waals surface area contributed by atoms with E-state index in [1.54, 1.807) is 19.2 Å². The number of fused-ring (bicyclic) bond motifs is 3. The standard InChI is InChI=1S/C13H14N2O4S2/c1-14-10(18)12-5-7-3-2-4-8(17)9(7)15(12)11(19)13(14,6-16)21-20-12/h2-4,8-9,16-17H,5-6H2,1H3/t8-,9+,12+,13-/m0/s1. The molecule has 2 bridgehead atoms. The summed E-state index contributed by atoms with van der Waals surface area (Å²) in [5.74, 6) is -0.471. The Kier molecular flexibility index (Phi) is 2.65. The minimum absolute atomic E-state index is 0.178. The molecule has 6 nitrogen and oxygen atoms in total. The van der Waals surface area contributed by atoms with E-state index in [2.05, 4.69) is 0 Å². The Hall–Kier alpha value is -0.960. The molecular weight excluding hydrogens is 312 g/mol. The molecule has 21 heavy (non-hydrogen) atoms. The highest BCUT2D eigenvalue weighted by atomic mass is 33.1. The second-order valence-corrected chi connectivity index (χ2v) is 8.36. The van der Waals surface area contributed by atoms with Crippen molar-refractivity contribution >= 4 is 33.4 Å². The molecule has 4 atom stereocenters. The first-order valence-electron chi connectivity index (χ1n) is 6.63. The molecule has 112 valence electrons. The van der Waals surface area contributed by atoms with E-state index in [-0.39, 0.29) is 11.8 Å². The highest BCUT2D eigenvalue weighted by Gasteiger charge is 2.73. The van der Waals surface area contributed by atoms with Crippen LogP contribution >= 0.6 is 21.6 Å². The van der Waals surface area contributed by atoms with Crippen molar-refractivity contribution in [2.75, 3.05) is 13.7 Å². The molecular formula is C13H14N2O4S2. The summed E-state index contributed by atoms with van der Waals surface area (Å²) in [5.41, 5.74) is 0.892. The molecule has 5 rings (SSSR count). The first kappa shape index (κ1) is 13.7. The van der Waals surface area contributed by atoms with Crippen LogP contribution in [0.15, 0.2) is 23.8 Å². The first-order valence-corrected chi connectivity index (χ1v) is 8.78. The molecule has 0 saturated carbocycles. The summed E-state index contributed by atoms with van der Waals surface area (Å²) in [6.07, 6.45) is 4.87. The Morgan fingerprint density at radius 1 is 1.38 bits per heavy atom. The summed E-state index contributed by atoms with van der Waals surface area (Å²) >= 11 is 0. The lowest BCUT2D eigenvalue weighted by atomic mass is 9.97. The van der Waals surface area contributed by atoms with Gasteiger partial charge in [-0.3, -0.25) is 9.59 Å². The molecule has 4 saturated heterocycles. The maximum absolute atomic E-state index is 12.9. The maximum atomic E-state index is 12.9. The van der Waals surface area contributed by atoms with Crippen molar-refractivity contribution in [3.8, 4) is 0 Å². The third kappa shape index (κ3) is 1.35. The van der Waals surface area contributed by atoms with E-state index in [4.69, 9.17) is 0 Å². The van der Waals surface area contributed by atoms with E-state index in [1.807, 2.05) is 6.08 Å². The second kappa shape index (κ2) is 4.07. The van der Waals surface area contributed by atoms with E-state index < -0.39 is 28.5 Å². The van der Waals surface area contributed by atoms with E-state index in [0.717, 1.165) is 5.57 Å². The Bertz CT molecular complexity index is 621. The van der Waals surface area contributed by atoms with Crippen molar-refractivity contribution in [3.05, 3.63) is 23.8 Å². The van der Waals surface area contributed by atoms with Crippen LogP contribution in [-0.2, 0) is 9.59 Å². The van der Waals surface area contributed by atoms with Crippen LogP contribution in [0, 0.1) is 0 Å². The van der Waals surface area contributed by atoms with E-state index in [1.165, 1.54) is 31.4 Å². The summed E-state index contributed by atoms with van der Waals surface area (Å²) in [7, 11) is 4.14. The van der Waals surface area contributed by atoms with Gasteiger partial charge in [0, 0.05) is 13.5 Å². The predicted molar refractivity (Wildman–Crippen MR) is 79.0 cm³/mol. The highest BCUT2D eigenvalue weighted by Crippen LogP contribution is 2.64. The zero-order valence-electron chi connectivity index (χ0n) is 11.2. The fourth-order valence-electron chi connectivity index (χ4n) is 3.55. The maximum Gasteiger partial charge on any atom is 0.264 e. The Morgan fingerprint density at radius 3 is 2.86 bits per heavy atom. The van der Waals surface area contributed by atoms with E-state index in [9.17, 15) is 19.8 Å². The van der Waals surface area contributed by atoms with E-state index in [0.29, 0.717) is 6.42 Å². The molecule has 5 aliphatic rings. The molecule has 2 N–H and O–H groups in total. The van der Waals surface area contributed by atoms with Crippen LogP contribution in [0.4, 0.5) is 0 Å². The molecule has 8 heteroatoms. The van der Waals surface area contributed by atoms with Crippen molar-refractivity contribution in [3.63, 3.8) is 0 Å². The Balaban J connectivity index is 1.90. The number of piperazine rings is 1. The van der Waals surface area contributed by atoms with Gasteiger partial charge >= 0.3 is 0 Å². The van der Waals surface area contributed by atoms with Gasteiger partial charge in [0.1, 0.15) is 0 Å². The van der Waals surface area contributed by atoms with Gasteiger partial charge in [0.15, 0.2) is 4.87 Å². The van der Waals surface area contributed by atoms with Gasteiger partial charge in [-0.25, -0.2) is 0 Å². The summed E-state index contributed by atoms with van der Waals surface area (Å²) < 4.78 is 0. The van der Waals surface area contributed by atoms with Gasteiger partial charge in [-0.2, -0.15) is 0 Å². The molecule has 2 amide bonds. The summed E-state index contributed by atoms with van der Waals surface area (Å²) in [5, 5.41) is 20.0. The summed E-state index contributed by atoms with van der Waals surface area (Å²) in [4.78, 5) is 26.4. The van der Waals surface area contributed by atoms with Gasteiger partial charge < -0.3 is 20.0 Å². The lowest BCUT2D eigenvalue weighted by Crippen LogP contribution is -2.77. The molecule has 4 fully saturated rings. The van der Waals surface area contributed by atoms with Crippen molar-refractivity contribution in [2.24, 2.45) is 0 Å². The minimum Gasteiger partial charge on any atom is -0.392 e. The lowest BCUT2D eigenvalue weighted by molar-refractivity contribution is -0.168. The van der Waals surface area contributed by atoms with Crippen molar-refractivity contribution < 1.29 is 19.8 Å². The van der Waals surface area contributed by atoms with Gasteiger partial charge in [0.25, 0.3) is 11.8 Å². The smallest absolute Gasteiger partial charge is 0.264 e. The number of likely N-dealkylation sites (N-methyl/N-ethyl adjacent to an activating group) is 1. The minimum atomic E-state index is -1.28. The number of aliphatic hydroxyl groups is 2. The van der Waals surface area contributed by atoms with Crippen LogP contribution in [0.1, 0.15) is 6.42 Å². The highest BCUT2D eigenvalue weighted by molar-refractivity contribution is 8.78. The number of aliphatic hydroxyl groups excluding tert-OH is 2. The molecule has 0 radical (unpaired) electrons. The van der Waals surface area contributed by atoms with Crippen LogP contribution in [0.3, 0.4) is 0 Å². The quantitative estimate of drug-likeness (QED) is 0.644. The Labute approximate surface area is 129 Å². The molecule has 0 unspecified atom stereocenters. The number of carbonyl (C=O) groups excluding carboxylic acids is 2. The van der Waals surface area contributed by atoms with Gasteiger partial charge in [-0.05, 0) is 16.4 Å². The summed E-state index contributed by atoms with van der Waals surface area (Å²) in [6.45, 7) is -0.435. The molecule has 0 aromatic carbocycles. The lowest BCUT2D eigenvalue weighted by Gasteiger charge is -2.58.